The Morgan fingerprint density at radius 3 is 2.65 bits per heavy atom. The molecule has 0 aliphatic heterocycles. The van der Waals surface area contributed by atoms with Crippen molar-refractivity contribution < 1.29 is 9.21 Å². The quantitative estimate of drug-likeness (QED) is 0.812. The van der Waals surface area contributed by atoms with E-state index in [4.69, 9.17) is 4.42 Å². The Kier molecular flexibility index (Phi) is 3.23. The summed E-state index contributed by atoms with van der Waals surface area (Å²) in [5, 5.41) is 0. The Morgan fingerprint density at radius 2 is 2.06 bits per heavy atom. The number of amides is 1. The number of aryl methyl sites for hydroxylation is 1. The van der Waals surface area contributed by atoms with E-state index in [0.717, 1.165) is 11.4 Å². The van der Waals surface area contributed by atoms with Gasteiger partial charge in [-0.25, -0.2) is 4.98 Å². The lowest BCUT2D eigenvalue weighted by molar-refractivity contribution is -0.117. The number of nitrogens with zero attached hydrogens (tertiary/aromatic N) is 2. The van der Waals surface area contributed by atoms with Gasteiger partial charge in [0.05, 0.1) is 12.1 Å². The second-order valence-electron chi connectivity index (χ2n) is 3.83. The SMILES string of the molecule is Cc1ncoc1CC(=O)N(C)c1ccccc1. The molecule has 0 unspecified atom stereocenters. The molecule has 1 aromatic carbocycles. The van der Waals surface area contributed by atoms with Crippen LogP contribution < -0.4 is 4.90 Å². The highest BCUT2D eigenvalue weighted by molar-refractivity contribution is 5.93. The molecule has 1 aromatic heterocycles. The Morgan fingerprint density at radius 1 is 1.35 bits per heavy atom. The van der Waals surface area contributed by atoms with Crippen LogP contribution in [0.3, 0.4) is 0 Å². The number of hydrogen-bond acceptors (Lipinski definition) is 3. The lowest BCUT2D eigenvalue weighted by Gasteiger charge is -2.16. The third-order valence-corrected chi connectivity index (χ3v) is 2.67. The number of oxazole rings is 1. The van der Waals surface area contributed by atoms with Crippen LogP contribution in [0.2, 0.25) is 0 Å². The number of aromatic nitrogens is 1. The summed E-state index contributed by atoms with van der Waals surface area (Å²) in [4.78, 5) is 17.6. The highest BCUT2D eigenvalue weighted by atomic mass is 16.3. The van der Waals surface area contributed by atoms with Gasteiger partial charge in [0.15, 0.2) is 6.39 Å². The zero-order valence-corrected chi connectivity index (χ0v) is 9.88. The van der Waals surface area contributed by atoms with Crippen LogP contribution in [-0.4, -0.2) is 17.9 Å². The largest absolute Gasteiger partial charge is 0.448 e. The van der Waals surface area contributed by atoms with E-state index >= 15 is 0 Å². The molecule has 17 heavy (non-hydrogen) atoms. The molecule has 0 fully saturated rings. The molecule has 1 heterocycles. The van der Waals surface area contributed by atoms with Crippen LogP contribution in [0, 0.1) is 6.92 Å². The van der Waals surface area contributed by atoms with E-state index in [1.54, 1.807) is 11.9 Å². The number of carbonyl (C=O) groups excluding carboxylic acids is 1. The number of likely N-dealkylation sites (N-methyl/N-ethyl adjacent to an activating group) is 1. The molecule has 0 bridgehead atoms. The maximum absolute atomic E-state index is 12.0. The van der Waals surface area contributed by atoms with E-state index in [1.165, 1.54) is 6.39 Å². The molecule has 4 nitrogen and oxygen atoms in total. The zero-order chi connectivity index (χ0) is 12.3. The summed E-state index contributed by atoms with van der Waals surface area (Å²) in [5.74, 6) is 0.605. The molecular formula is C13H14N2O2. The Bertz CT molecular complexity index is 505. The minimum Gasteiger partial charge on any atom is -0.448 e. The van der Waals surface area contributed by atoms with Crippen molar-refractivity contribution in [3.05, 3.63) is 48.2 Å². The van der Waals surface area contributed by atoms with Crippen LogP contribution in [0.25, 0.3) is 0 Å². The van der Waals surface area contributed by atoms with Crippen molar-refractivity contribution in [1.29, 1.82) is 0 Å². The molecule has 0 N–H and O–H groups in total. The maximum Gasteiger partial charge on any atom is 0.234 e. The van der Waals surface area contributed by atoms with Gasteiger partial charge in [0.1, 0.15) is 5.76 Å². The van der Waals surface area contributed by atoms with Gasteiger partial charge in [-0.1, -0.05) is 18.2 Å². The molecule has 0 saturated carbocycles. The molecular weight excluding hydrogens is 216 g/mol. The van der Waals surface area contributed by atoms with Crippen LogP contribution in [0.4, 0.5) is 5.69 Å². The molecule has 88 valence electrons. The van der Waals surface area contributed by atoms with Gasteiger partial charge >= 0.3 is 0 Å². The second kappa shape index (κ2) is 4.82. The fraction of sp³-hybridized carbons (Fsp3) is 0.231. The number of benzene rings is 1. The second-order valence-corrected chi connectivity index (χ2v) is 3.83. The fourth-order valence-corrected chi connectivity index (χ4v) is 1.55. The average molecular weight is 230 g/mol. The van der Waals surface area contributed by atoms with Gasteiger partial charge in [-0.05, 0) is 19.1 Å². The van der Waals surface area contributed by atoms with Gasteiger partial charge < -0.3 is 9.32 Å². The first-order valence-corrected chi connectivity index (χ1v) is 5.39. The Labute approximate surface area is 99.9 Å². The number of rotatable bonds is 3. The molecule has 0 atom stereocenters. The van der Waals surface area contributed by atoms with Crippen molar-refractivity contribution >= 4 is 11.6 Å². The van der Waals surface area contributed by atoms with Crippen molar-refractivity contribution in [3.8, 4) is 0 Å². The van der Waals surface area contributed by atoms with Crippen LogP contribution in [0.1, 0.15) is 11.5 Å². The maximum atomic E-state index is 12.0. The lowest BCUT2D eigenvalue weighted by Crippen LogP contribution is -2.27. The molecule has 0 aliphatic rings. The predicted octanol–water partition coefficient (Wildman–Crippen LogP) is 2.19. The monoisotopic (exact) mass is 230 g/mol. The molecule has 2 rings (SSSR count). The summed E-state index contributed by atoms with van der Waals surface area (Å²) < 4.78 is 5.16. The number of hydrogen-bond donors (Lipinski definition) is 0. The first-order valence-electron chi connectivity index (χ1n) is 5.39. The van der Waals surface area contributed by atoms with Gasteiger partial charge in [0.25, 0.3) is 0 Å². The summed E-state index contributed by atoms with van der Waals surface area (Å²) in [7, 11) is 1.75. The molecule has 4 heteroatoms. The lowest BCUT2D eigenvalue weighted by atomic mass is 10.2. The molecule has 0 aliphatic carbocycles. The number of para-hydroxylation sites is 1. The molecule has 0 radical (unpaired) electrons. The van der Waals surface area contributed by atoms with Gasteiger partial charge in [-0.15, -0.1) is 0 Å². The van der Waals surface area contributed by atoms with Crippen molar-refractivity contribution in [2.75, 3.05) is 11.9 Å². The highest BCUT2D eigenvalue weighted by Gasteiger charge is 2.15. The van der Waals surface area contributed by atoms with E-state index in [9.17, 15) is 4.79 Å². The van der Waals surface area contributed by atoms with Crippen molar-refractivity contribution in [3.63, 3.8) is 0 Å². The minimum atomic E-state index is -0.0175. The topological polar surface area (TPSA) is 46.3 Å². The first-order chi connectivity index (χ1) is 8.18. The third-order valence-electron chi connectivity index (χ3n) is 2.67. The van der Waals surface area contributed by atoms with E-state index < -0.39 is 0 Å². The van der Waals surface area contributed by atoms with Crippen molar-refractivity contribution in [2.45, 2.75) is 13.3 Å². The van der Waals surface area contributed by atoms with E-state index in [2.05, 4.69) is 4.98 Å². The van der Waals surface area contributed by atoms with Crippen LogP contribution in [0.5, 0.6) is 0 Å². The van der Waals surface area contributed by atoms with E-state index in [1.807, 2.05) is 37.3 Å². The summed E-state index contributed by atoms with van der Waals surface area (Å²) >= 11 is 0. The summed E-state index contributed by atoms with van der Waals surface area (Å²) in [5.41, 5.74) is 1.63. The highest BCUT2D eigenvalue weighted by Crippen LogP contribution is 2.14. The van der Waals surface area contributed by atoms with E-state index in [0.29, 0.717) is 5.76 Å². The Balaban J connectivity index is 2.09. The van der Waals surface area contributed by atoms with Crippen molar-refractivity contribution in [2.24, 2.45) is 0 Å². The fourth-order valence-electron chi connectivity index (χ4n) is 1.55. The third kappa shape index (κ3) is 2.53. The number of carbonyl (C=O) groups is 1. The molecule has 0 saturated heterocycles. The average Bonchev–Trinajstić information content (AvgIpc) is 2.75. The minimum absolute atomic E-state index is 0.0175. The van der Waals surface area contributed by atoms with Crippen LogP contribution >= 0.6 is 0 Å². The standard InChI is InChI=1S/C13H14N2O2/c1-10-12(17-9-14-10)8-13(16)15(2)11-6-4-3-5-7-11/h3-7,9H,8H2,1-2H3. The van der Waals surface area contributed by atoms with E-state index in [-0.39, 0.29) is 12.3 Å². The van der Waals surface area contributed by atoms with Gasteiger partial charge in [0, 0.05) is 12.7 Å². The Hall–Kier alpha value is -2.10. The zero-order valence-electron chi connectivity index (χ0n) is 9.88. The molecule has 2 aromatic rings. The van der Waals surface area contributed by atoms with Crippen LogP contribution in [-0.2, 0) is 11.2 Å². The van der Waals surface area contributed by atoms with Crippen LogP contribution in [0.15, 0.2) is 41.1 Å². The first kappa shape index (κ1) is 11.4. The molecule has 0 spiro atoms. The smallest absolute Gasteiger partial charge is 0.234 e. The summed E-state index contributed by atoms with van der Waals surface area (Å²) in [6, 6.07) is 9.51. The predicted molar refractivity (Wildman–Crippen MR) is 64.8 cm³/mol. The van der Waals surface area contributed by atoms with Crippen molar-refractivity contribution in [1.82, 2.24) is 4.98 Å². The molecule has 1 amide bonds. The normalized spacial score (nSPS) is 10.2. The van der Waals surface area contributed by atoms with Gasteiger partial charge in [0.2, 0.25) is 5.91 Å². The summed E-state index contributed by atoms with van der Waals surface area (Å²) in [6.07, 6.45) is 1.59. The van der Waals surface area contributed by atoms with Gasteiger partial charge in [-0.2, -0.15) is 0 Å². The van der Waals surface area contributed by atoms with Gasteiger partial charge in [-0.3, -0.25) is 4.79 Å². The summed E-state index contributed by atoms with van der Waals surface area (Å²) in [6.45, 7) is 1.83. The number of anilines is 1.